The van der Waals surface area contributed by atoms with Gasteiger partial charge in [0.05, 0.1) is 5.39 Å². The Bertz CT molecular complexity index is 681. The van der Waals surface area contributed by atoms with Crippen molar-refractivity contribution in [3.05, 3.63) is 54.0 Å². The third-order valence-electron chi connectivity index (χ3n) is 2.60. The number of pyridine rings is 1. The standard InChI is InChI=1S/C13H10FN3S/c14-10-4-1-3-9(7-10)8-16-12-11-5-2-6-15-13(11)18-17-12/h1-7H,8H2,(H,16,17). The molecule has 0 fully saturated rings. The van der Waals surface area contributed by atoms with E-state index in [1.165, 1.54) is 23.7 Å². The quantitative estimate of drug-likeness (QED) is 0.783. The van der Waals surface area contributed by atoms with E-state index in [1.54, 1.807) is 12.3 Å². The maximum absolute atomic E-state index is 13.0. The fourth-order valence-corrected chi connectivity index (χ4v) is 2.45. The second kappa shape index (κ2) is 4.70. The Morgan fingerprint density at radius 3 is 3.06 bits per heavy atom. The van der Waals surface area contributed by atoms with E-state index >= 15 is 0 Å². The summed E-state index contributed by atoms with van der Waals surface area (Å²) in [5.41, 5.74) is 0.889. The third kappa shape index (κ3) is 2.17. The monoisotopic (exact) mass is 259 g/mol. The van der Waals surface area contributed by atoms with E-state index in [9.17, 15) is 4.39 Å². The molecule has 0 aliphatic rings. The van der Waals surface area contributed by atoms with Crippen molar-refractivity contribution in [1.29, 1.82) is 0 Å². The van der Waals surface area contributed by atoms with Crippen LogP contribution in [0.15, 0.2) is 42.6 Å². The van der Waals surface area contributed by atoms with Crippen LogP contribution in [-0.2, 0) is 6.54 Å². The third-order valence-corrected chi connectivity index (χ3v) is 3.37. The van der Waals surface area contributed by atoms with Crippen molar-refractivity contribution < 1.29 is 4.39 Å². The smallest absolute Gasteiger partial charge is 0.149 e. The lowest BCUT2D eigenvalue weighted by atomic mass is 10.2. The van der Waals surface area contributed by atoms with Crippen molar-refractivity contribution in [3.63, 3.8) is 0 Å². The van der Waals surface area contributed by atoms with Crippen LogP contribution < -0.4 is 5.32 Å². The van der Waals surface area contributed by atoms with E-state index in [0.29, 0.717) is 6.54 Å². The molecule has 0 saturated carbocycles. The SMILES string of the molecule is Fc1cccc(CNc2nsc3ncccc23)c1. The molecule has 1 N–H and O–H groups in total. The zero-order valence-electron chi connectivity index (χ0n) is 9.43. The Labute approximate surface area is 107 Å². The second-order valence-corrected chi connectivity index (χ2v) is 4.62. The van der Waals surface area contributed by atoms with Gasteiger partial charge in [0, 0.05) is 12.7 Å². The van der Waals surface area contributed by atoms with Gasteiger partial charge in [-0.25, -0.2) is 9.37 Å². The van der Waals surface area contributed by atoms with Crippen LogP contribution in [0.25, 0.3) is 10.2 Å². The molecule has 3 aromatic rings. The number of halogens is 1. The van der Waals surface area contributed by atoms with E-state index in [1.807, 2.05) is 18.2 Å². The summed E-state index contributed by atoms with van der Waals surface area (Å²) in [6.07, 6.45) is 1.75. The van der Waals surface area contributed by atoms with E-state index in [2.05, 4.69) is 14.7 Å². The van der Waals surface area contributed by atoms with Crippen LogP contribution in [0, 0.1) is 5.82 Å². The van der Waals surface area contributed by atoms with Gasteiger partial charge in [-0.1, -0.05) is 12.1 Å². The summed E-state index contributed by atoms with van der Waals surface area (Å²) in [5.74, 6) is 0.575. The van der Waals surface area contributed by atoms with Gasteiger partial charge in [-0.3, -0.25) is 0 Å². The Balaban J connectivity index is 1.81. The van der Waals surface area contributed by atoms with Crippen LogP contribution in [0.1, 0.15) is 5.56 Å². The van der Waals surface area contributed by atoms with Crippen LogP contribution in [0.5, 0.6) is 0 Å². The Hall–Kier alpha value is -2.01. The van der Waals surface area contributed by atoms with Gasteiger partial charge in [0.2, 0.25) is 0 Å². The van der Waals surface area contributed by atoms with Gasteiger partial charge < -0.3 is 5.32 Å². The van der Waals surface area contributed by atoms with E-state index < -0.39 is 0 Å². The molecule has 0 unspecified atom stereocenters. The maximum atomic E-state index is 13.0. The summed E-state index contributed by atoms with van der Waals surface area (Å²) in [6, 6.07) is 10.4. The molecule has 0 saturated heterocycles. The molecule has 1 aromatic carbocycles. The van der Waals surface area contributed by atoms with Crippen molar-refractivity contribution >= 4 is 27.6 Å². The summed E-state index contributed by atoms with van der Waals surface area (Å²) >= 11 is 1.35. The predicted octanol–water partition coefficient (Wildman–Crippen LogP) is 3.44. The summed E-state index contributed by atoms with van der Waals surface area (Å²) in [5, 5.41) is 4.20. The Morgan fingerprint density at radius 1 is 1.22 bits per heavy atom. The summed E-state index contributed by atoms with van der Waals surface area (Å²) in [6.45, 7) is 0.547. The number of rotatable bonds is 3. The average molecular weight is 259 g/mol. The first-order valence-corrected chi connectivity index (χ1v) is 6.29. The van der Waals surface area contributed by atoms with Crippen LogP contribution in [0.4, 0.5) is 10.2 Å². The fourth-order valence-electron chi connectivity index (χ4n) is 1.74. The highest BCUT2D eigenvalue weighted by molar-refractivity contribution is 7.13. The number of fused-ring (bicyclic) bond motifs is 1. The molecule has 90 valence electrons. The van der Waals surface area contributed by atoms with Gasteiger partial charge >= 0.3 is 0 Å². The highest BCUT2D eigenvalue weighted by Crippen LogP contribution is 2.24. The zero-order chi connectivity index (χ0) is 12.4. The number of aromatic nitrogens is 2. The van der Waals surface area contributed by atoms with Crippen molar-refractivity contribution in [2.75, 3.05) is 5.32 Å². The molecule has 5 heteroatoms. The number of hydrogen-bond donors (Lipinski definition) is 1. The van der Waals surface area contributed by atoms with Crippen LogP contribution in [0.2, 0.25) is 0 Å². The molecule has 3 rings (SSSR count). The molecule has 18 heavy (non-hydrogen) atoms. The molecular formula is C13H10FN3S. The minimum Gasteiger partial charge on any atom is -0.365 e. The lowest BCUT2D eigenvalue weighted by Gasteiger charge is -2.03. The second-order valence-electron chi connectivity index (χ2n) is 3.87. The van der Waals surface area contributed by atoms with E-state index in [0.717, 1.165) is 21.6 Å². The number of anilines is 1. The van der Waals surface area contributed by atoms with Gasteiger partial charge in [0.1, 0.15) is 16.5 Å². The summed E-state index contributed by atoms with van der Waals surface area (Å²) < 4.78 is 17.3. The Morgan fingerprint density at radius 2 is 2.17 bits per heavy atom. The van der Waals surface area contributed by atoms with Crippen LogP contribution in [-0.4, -0.2) is 9.36 Å². The first-order valence-electron chi connectivity index (χ1n) is 5.51. The van der Waals surface area contributed by atoms with Crippen molar-refractivity contribution in [2.45, 2.75) is 6.54 Å². The predicted molar refractivity (Wildman–Crippen MR) is 71.1 cm³/mol. The van der Waals surface area contributed by atoms with Crippen LogP contribution in [0.3, 0.4) is 0 Å². The van der Waals surface area contributed by atoms with Crippen molar-refractivity contribution in [1.82, 2.24) is 9.36 Å². The highest BCUT2D eigenvalue weighted by Gasteiger charge is 2.05. The minimum atomic E-state index is -0.223. The van der Waals surface area contributed by atoms with E-state index in [4.69, 9.17) is 0 Å². The van der Waals surface area contributed by atoms with Gasteiger partial charge in [0.25, 0.3) is 0 Å². The first-order chi connectivity index (χ1) is 8.83. The topological polar surface area (TPSA) is 37.8 Å². The fraction of sp³-hybridized carbons (Fsp3) is 0.0769. The summed E-state index contributed by atoms with van der Waals surface area (Å²) in [4.78, 5) is 5.13. The van der Waals surface area contributed by atoms with Gasteiger partial charge in [0.15, 0.2) is 0 Å². The average Bonchev–Trinajstić information content (AvgIpc) is 2.80. The lowest BCUT2D eigenvalue weighted by Crippen LogP contribution is -2.00. The normalized spacial score (nSPS) is 10.7. The van der Waals surface area contributed by atoms with E-state index in [-0.39, 0.29) is 5.82 Å². The molecule has 2 heterocycles. The molecule has 0 radical (unpaired) electrons. The Kier molecular flexibility index (Phi) is 2.90. The number of hydrogen-bond acceptors (Lipinski definition) is 4. The van der Waals surface area contributed by atoms with Crippen molar-refractivity contribution in [3.8, 4) is 0 Å². The highest BCUT2D eigenvalue weighted by atomic mass is 32.1. The molecule has 0 aliphatic heterocycles. The van der Waals surface area contributed by atoms with Gasteiger partial charge in [-0.15, -0.1) is 0 Å². The van der Waals surface area contributed by atoms with Gasteiger partial charge in [-0.05, 0) is 41.4 Å². The maximum Gasteiger partial charge on any atom is 0.149 e. The molecule has 2 aromatic heterocycles. The number of nitrogens with zero attached hydrogens (tertiary/aromatic N) is 2. The first kappa shape index (κ1) is 11.1. The molecule has 3 nitrogen and oxygen atoms in total. The largest absolute Gasteiger partial charge is 0.365 e. The molecular weight excluding hydrogens is 249 g/mol. The molecule has 0 aliphatic carbocycles. The molecule has 0 atom stereocenters. The molecule has 0 amide bonds. The lowest BCUT2D eigenvalue weighted by molar-refractivity contribution is 0.626. The number of benzene rings is 1. The summed E-state index contributed by atoms with van der Waals surface area (Å²) in [7, 11) is 0. The zero-order valence-corrected chi connectivity index (χ0v) is 10.2. The van der Waals surface area contributed by atoms with Gasteiger partial charge in [-0.2, -0.15) is 4.37 Å². The number of nitrogens with one attached hydrogen (secondary N) is 1. The van der Waals surface area contributed by atoms with Crippen LogP contribution >= 0.6 is 11.5 Å². The van der Waals surface area contributed by atoms with Crippen molar-refractivity contribution in [2.24, 2.45) is 0 Å². The molecule has 0 bridgehead atoms. The molecule has 0 spiro atoms. The minimum absolute atomic E-state index is 0.223.